The molecular weight excluding hydrogens is 502 g/mol. The number of carbonyl (C=O) groups is 2. The fourth-order valence-electron chi connectivity index (χ4n) is 5.48. The van der Waals surface area contributed by atoms with Gasteiger partial charge in [-0.15, -0.1) is 0 Å². The first-order valence-electron chi connectivity index (χ1n) is 13.6. The standard InChI is InChI=1S/C32H31N5O3/c1-21-16-27(40-35-21)18-30(38)36-15-14-22(19-36)20-37-29-17-26(32(39)33-2)12-13-28(29)34-31(37)25-10-8-24(9-11-25)23-6-4-3-5-7-23/h3-13,16-17,22H,14-15,18-20H2,1-2H3,(H,33,39). The maximum Gasteiger partial charge on any atom is 0.251 e. The van der Waals surface area contributed by atoms with Crippen molar-refractivity contribution in [3.05, 3.63) is 95.9 Å². The number of aromatic nitrogens is 3. The lowest BCUT2D eigenvalue weighted by atomic mass is 10.0. The number of fused-ring (bicyclic) bond motifs is 1. The molecule has 0 radical (unpaired) electrons. The monoisotopic (exact) mass is 533 g/mol. The minimum absolute atomic E-state index is 0.0489. The summed E-state index contributed by atoms with van der Waals surface area (Å²) >= 11 is 0. The first-order valence-corrected chi connectivity index (χ1v) is 13.6. The van der Waals surface area contributed by atoms with Crippen LogP contribution in [0.5, 0.6) is 0 Å². The number of aryl methyl sites for hydroxylation is 1. The number of nitrogens with one attached hydrogen (secondary N) is 1. The Morgan fingerprint density at radius 3 is 2.45 bits per heavy atom. The third-order valence-electron chi connectivity index (χ3n) is 7.57. The maximum atomic E-state index is 12.9. The highest BCUT2D eigenvalue weighted by atomic mass is 16.5. The first-order chi connectivity index (χ1) is 19.5. The van der Waals surface area contributed by atoms with Crippen molar-refractivity contribution in [3.8, 4) is 22.5 Å². The Morgan fingerprint density at radius 1 is 0.975 bits per heavy atom. The molecule has 1 saturated heterocycles. The molecule has 202 valence electrons. The molecule has 2 amide bonds. The van der Waals surface area contributed by atoms with E-state index in [1.807, 2.05) is 54.3 Å². The Bertz CT molecular complexity index is 1670. The molecule has 0 bridgehead atoms. The van der Waals surface area contributed by atoms with Crippen molar-refractivity contribution in [1.82, 2.24) is 24.9 Å². The number of nitrogens with zero attached hydrogens (tertiary/aromatic N) is 4. The van der Waals surface area contributed by atoms with Crippen LogP contribution in [0.2, 0.25) is 0 Å². The van der Waals surface area contributed by atoms with Gasteiger partial charge in [-0.2, -0.15) is 0 Å². The molecule has 0 spiro atoms. The molecule has 0 saturated carbocycles. The van der Waals surface area contributed by atoms with E-state index in [-0.39, 0.29) is 24.2 Å². The summed E-state index contributed by atoms with van der Waals surface area (Å²) in [5.41, 5.74) is 6.41. The van der Waals surface area contributed by atoms with Gasteiger partial charge in [0.05, 0.1) is 23.1 Å². The third kappa shape index (κ3) is 5.12. The van der Waals surface area contributed by atoms with Crippen LogP contribution in [-0.2, 0) is 17.8 Å². The second kappa shape index (κ2) is 10.8. The van der Waals surface area contributed by atoms with Gasteiger partial charge in [0.25, 0.3) is 5.91 Å². The summed E-state index contributed by atoms with van der Waals surface area (Å²) in [7, 11) is 1.63. The second-order valence-electron chi connectivity index (χ2n) is 10.4. The summed E-state index contributed by atoms with van der Waals surface area (Å²) in [5.74, 6) is 1.61. The van der Waals surface area contributed by atoms with Gasteiger partial charge in [0.2, 0.25) is 5.91 Å². The molecule has 8 heteroatoms. The van der Waals surface area contributed by atoms with Gasteiger partial charge in [-0.3, -0.25) is 9.59 Å². The molecule has 1 N–H and O–H groups in total. The van der Waals surface area contributed by atoms with E-state index in [4.69, 9.17) is 9.51 Å². The van der Waals surface area contributed by atoms with Crippen LogP contribution in [0.4, 0.5) is 0 Å². The molecule has 3 heterocycles. The number of amides is 2. The van der Waals surface area contributed by atoms with Crippen LogP contribution in [0, 0.1) is 12.8 Å². The Hall–Kier alpha value is -4.72. The van der Waals surface area contributed by atoms with Gasteiger partial charge in [0, 0.05) is 43.9 Å². The van der Waals surface area contributed by atoms with E-state index >= 15 is 0 Å². The average molecular weight is 534 g/mol. The first kappa shape index (κ1) is 25.6. The Morgan fingerprint density at radius 2 is 1.73 bits per heavy atom. The SMILES string of the molecule is CNC(=O)c1ccc2nc(-c3ccc(-c4ccccc4)cc3)n(CC3CCN(C(=O)Cc4cc(C)no4)C3)c2c1. The molecule has 1 aliphatic rings. The van der Waals surface area contributed by atoms with Gasteiger partial charge < -0.3 is 19.3 Å². The largest absolute Gasteiger partial charge is 0.361 e. The predicted molar refractivity (Wildman–Crippen MR) is 154 cm³/mol. The van der Waals surface area contributed by atoms with E-state index in [9.17, 15) is 9.59 Å². The fourth-order valence-corrected chi connectivity index (χ4v) is 5.48. The summed E-state index contributed by atoms with van der Waals surface area (Å²) in [6.45, 7) is 3.90. The van der Waals surface area contributed by atoms with E-state index in [0.29, 0.717) is 31.0 Å². The molecule has 2 aromatic heterocycles. The summed E-state index contributed by atoms with van der Waals surface area (Å²) in [6.07, 6.45) is 1.11. The highest BCUT2D eigenvalue weighted by Crippen LogP contribution is 2.31. The molecule has 3 aromatic carbocycles. The molecule has 1 atom stereocenters. The molecule has 5 aromatic rings. The van der Waals surface area contributed by atoms with Crippen molar-refractivity contribution < 1.29 is 14.1 Å². The highest BCUT2D eigenvalue weighted by Gasteiger charge is 2.28. The van der Waals surface area contributed by atoms with Gasteiger partial charge >= 0.3 is 0 Å². The Labute approximate surface area is 232 Å². The average Bonchev–Trinajstić information content (AvgIpc) is 3.72. The maximum absolute atomic E-state index is 12.9. The number of hydrogen-bond acceptors (Lipinski definition) is 5. The van der Waals surface area contributed by atoms with E-state index in [1.54, 1.807) is 7.05 Å². The van der Waals surface area contributed by atoms with E-state index in [1.165, 1.54) is 0 Å². The number of rotatable bonds is 7. The Balaban J connectivity index is 1.30. The quantitative estimate of drug-likeness (QED) is 0.314. The van der Waals surface area contributed by atoms with Crippen LogP contribution >= 0.6 is 0 Å². The van der Waals surface area contributed by atoms with Crippen molar-refractivity contribution in [2.75, 3.05) is 20.1 Å². The van der Waals surface area contributed by atoms with E-state index in [2.05, 4.69) is 51.4 Å². The zero-order valence-electron chi connectivity index (χ0n) is 22.6. The predicted octanol–water partition coefficient (Wildman–Crippen LogP) is 5.12. The number of likely N-dealkylation sites (tertiary alicyclic amines) is 1. The van der Waals surface area contributed by atoms with Crippen molar-refractivity contribution >= 4 is 22.8 Å². The third-order valence-corrected chi connectivity index (χ3v) is 7.57. The summed E-state index contributed by atoms with van der Waals surface area (Å²) < 4.78 is 7.46. The van der Waals surface area contributed by atoms with Crippen LogP contribution < -0.4 is 5.32 Å². The minimum Gasteiger partial charge on any atom is -0.361 e. The highest BCUT2D eigenvalue weighted by molar-refractivity contribution is 5.97. The number of carbonyl (C=O) groups excluding carboxylic acids is 2. The number of hydrogen-bond donors (Lipinski definition) is 1. The van der Waals surface area contributed by atoms with Crippen LogP contribution in [0.3, 0.4) is 0 Å². The van der Waals surface area contributed by atoms with Gasteiger partial charge in [-0.05, 0) is 48.6 Å². The van der Waals surface area contributed by atoms with Crippen LogP contribution in [0.25, 0.3) is 33.5 Å². The minimum atomic E-state index is -0.135. The summed E-state index contributed by atoms with van der Waals surface area (Å²) in [5, 5.41) is 6.61. The lowest BCUT2D eigenvalue weighted by molar-refractivity contribution is -0.129. The lowest BCUT2D eigenvalue weighted by Gasteiger charge is -2.18. The van der Waals surface area contributed by atoms with Crippen LogP contribution in [0.15, 0.2) is 83.4 Å². The topological polar surface area (TPSA) is 93.3 Å². The van der Waals surface area contributed by atoms with Crippen LogP contribution in [0.1, 0.15) is 28.2 Å². The zero-order valence-corrected chi connectivity index (χ0v) is 22.6. The summed E-state index contributed by atoms with van der Waals surface area (Å²) in [4.78, 5) is 32.3. The van der Waals surface area contributed by atoms with Crippen molar-refractivity contribution in [2.24, 2.45) is 5.92 Å². The molecule has 0 aliphatic carbocycles. The molecular formula is C32H31N5O3. The van der Waals surface area contributed by atoms with Gasteiger partial charge in [-0.1, -0.05) is 59.8 Å². The molecule has 1 fully saturated rings. The molecule has 1 unspecified atom stereocenters. The van der Waals surface area contributed by atoms with E-state index in [0.717, 1.165) is 45.7 Å². The Kier molecular flexibility index (Phi) is 6.90. The molecule has 40 heavy (non-hydrogen) atoms. The summed E-state index contributed by atoms with van der Waals surface area (Å²) in [6, 6.07) is 26.1. The molecule has 1 aliphatic heterocycles. The number of imidazole rings is 1. The van der Waals surface area contributed by atoms with Crippen molar-refractivity contribution in [1.29, 1.82) is 0 Å². The van der Waals surface area contributed by atoms with Crippen LogP contribution in [-0.4, -0.2) is 51.6 Å². The molecule has 8 nitrogen and oxygen atoms in total. The lowest BCUT2D eigenvalue weighted by Crippen LogP contribution is -2.30. The smallest absolute Gasteiger partial charge is 0.251 e. The fraction of sp³-hybridized carbons (Fsp3) is 0.250. The number of benzene rings is 3. The van der Waals surface area contributed by atoms with Crippen molar-refractivity contribution in [2.45, 2.75) is 26.3 Å². The van der Waals surface area contributed by atoms with E-state index < -0.39 is 0 Å². The van der Waals surface area contributed by atoms with Gasteiger partial charge in [0.15, 0.2) is 0 Å². The normalized spacial score (nSPS) is 15.1. The second-order valence-corrected chi connectivity index (χ2v) is 10.4. The zero-order chi connectivity index (χ0) is 27.6. The van der Waals surface area contributed by atoms with Crippen molar-refractivity contribution in [3.63, 3.8) is 0 Å². The van der Waals surface area contributed by atoms with Gasteiger partial charge in [0.1, 0.15) is 11.6 Å². The van der Waals surface area contributed by atoms with Gasteiger partial charge in [-0.25, -0.2) is 4.98 Å². The molecule has 6 rings (SSSR count).